The lowest BCUT2D eigenvalue weighted by molar-refractivity contribution is -0.116. The standard InChI is InChI=1S/C27H27Cl2NO3/c1-2-3-4-18-5-7-19(8-6-18)15-21-10-13-25(22(16-21)27(32)33)30-26(31)14-11-20-9-12-23(28)24(29)17-20/h5-10,12-13,16-17H,2-4,11,14-15H2,1H3,(H,30,31)(H,32,33). The zero-order valence-electron chi connectivity index (χ0n) is 18.5. The van der Waals surface area contributed by atoms with Gasteiger partial charge in [0.15, 0.2) is 0 Å². The van der Waals surface area contributed by atoms with E-state index in [9.17, 15) is 14.7 Å². The van der Waals surface area contributed by atoms with Crippen LogP contribution in [-0.4, -0.2) is 17.0 Å². The number of aromatic carboxylic acids is 1. The molecular weight excluding hydrogens is 457 g/mol. The third kappa shape index (κ3) is 7.34. The van der Waals surface area contributed by atoms with Crippen molar-refractivity contribution < 1.29 is 14.7 Å². The van der Waals surface area contributed by atoms with Crippen LogP contribution >= 0.6 is 23.2 Å². The summed E-state index contributed by atoms with van der Waals surface area (Å²) in [6.45, 7) is 2.18. The molecular formula is C27H27Cl2NO3. The van der Waals surface area contributed by atoms with Crippen LogP contribution in [0.25, 0.3) is 0 Å². The molecule has 0 unspecified atom stereocenters. The lowest BCUT2D eigenvalue weighted by Crippen LogP contribution is -2.15. The number of anilines is 1. The summed E-state index contributed by atoms with van der Waals surface area (Å²) in [6, 6.07) is 18.8. The minimum atomic E-state index is -1.08. The number of nitrogens with one attached hydrogen (secondary N) is 1. The number of rotatable bonds is 10. The molecule has 0 atom stereocenters. The van der Waals surface area contributed by atoms with E-state index in [2.05, 4.69) is 36.5 Å². The second kappa shape index (κ2) is 11.9. The lowest BCUT2D eigenvalue weighted by Gasteiger charge is -2.11. The summed E-state index contributed by atoms with van der Waals surface area (Å²) in [6.07, 6.45) is 4.69. The Balaban J connectivity index is 1.64. The predicted molar refractivity (Wildman–Crippen MR) is 135 cm³/mol. The summed E-state index contributed by atoms with van der Waals surface area (Å²) in [7, 11) is 0. The third-order valence-electron chi connectivity index (χ3n) is 5.46. The zero-order valence-corrected chi connectivity index (χ0v) is 20.0. The molecule has 3 aromatic rings. The predicted octanol–water partition coefficient (Wildman–Crippen LogP) is 7.20. The number of unbranched alkanes of at least 4 members (excludes halogenated alkanes) is 1. The molecule has 0 aliphatic heterocycles. The van der Waals surface area contributed by atoms with E-state index in [4.69, 9.17) is 23.2 Å². The molecule has 172 valence electrons. The normalized spacial score (nSPS) is 10.8. The van der Waals surface area contributed by atoms with Gasteiger partial charge in [0.2, 0.25) is 5.91 Å². The number of carboxylic acids is 1. The van der Waals surface area contributed by atoms with E-state index in [1.54, 1.807) is 24.3 Å². The first-order valence-corrected chi connectivity index (χ1v) is 11.8. The highest BCUT2D eigenvalue weighted by atomic mass is 35.5. The highest BCUT2D eigenvalue weighted by Gasteiger charge is 2.14. The number of benzene rings is 3. The Labute approximate surface area is 204 Å². The molecule has 0 saturated carbocycles. The molecule has 1 amide bonds. The Morgan fingerprint density at radius 3 is 2.15 bits per heavy atom. The number of carbonyl (C=O) groups excluding carboxylic acids is 1. The molecule has 0 fully saturated rings. The van der Waals surface area contributed by atoms with Gasteiger partial charge in [-0.3, -0.25) is 4.79 Å². The molecule has 0 aliphatic rings. The maximum absolute atomic E-state index is 12.4. The Hall–Kier alpha value is -2.82. The first-order chi connectivity index (χ1) is 15.9. The van der Waals surface area contributed by atoms with Gasteiger partial charge in [-0.25, -0.2) is 4.79 Å². The molecule has 0 radical (unpaired) electrons. The van der Waals surface area contributed by atoms with Crippen molar-refractivity contribution in [3.05, 3.63) is 98.5 Å². The van der Waals surface area contributed by atoms with E-state index >= 15 is 0 Å². The van der Waals surface area contributed by atoms with Gasteiger partial charge >= 0.3 is 5.97 Å². The van der Waals surface area contributed by atoms with Crippen LogP contribution in [0.2, 0.25) is 10.0 Å². The van der Waals surface area contributed by atoms with Crippen LogP contribution in [0.3, 0.4) is 0 Å². The largest absolute Gasteiger partial charge is 0.478 e. The summed E-state index contributed by atoms with van der Waals surface area (Å²) >= 11 is 11.9. The van der Waals surface area contributed by atoms with Gasteiger partial charge in [-0.15, -0.1) is 0 Å². The van der Waals surface area contributed by atoms with Gasteiger partial charge in [0.05, 0.1) is 21.3 Å². The molecule has 3 aromatic carbocycles. The first kappa shape index (κ1) is 24.8. The molecule has 4 nitrogen and oxygen atoms in total. The highest BCUT2D eigenvalue weighted by molar-refractivity contribution is 6.42. The molecule has 3 rings (SSSR count). The number of hydrogen-bond acceptors (Lipinski definition) is 2. The maximum atomic E-state index is 12.4. The first-order valence-electron chi connectivity index (χ1n) is 11.0. The van der Waals surface area contributed by atoms with Crippen molar-refractivity contribution in [1.82, 2.24) is 0 Å². The quantitative estimate of drug-likeness (QED) is 0.320. The highest BCUT2D eigenvalue weighted by Crippen LogP contribution is 2.24. The topological polar surface area (TPSA) is 66.4 Å². The van der Waals surface area contributed by atoms with Crippen LogP contribution in [0, 0.1) is 0 Å². The molecule has 0 aromatic heterocycles. The van der Waals surface area contributed by atoms with E-state index in [0.717, 1.165) is 29.5 Å². The lowest BCUT2D eigenvalue weighted by atomic mass is 9.99. The zero-order chi connectivity index (χ0) is 23.8. The molecule has 6 heteroatoms. The van der Waals surface area contributed by atoms with Crippen molar-refractivity contribution in [2.45, 2.75) is 45.4 Å². The van der Waals surface area contributed by atoms with Crippen LogP contribution in [0.1, 0.15) is 58.8 Å². The minimum absolute atomic E-state index is 0.0787. The second-order valence-corrected chi connectivity index (χ2v) is 8.89. The number of halogens is 2. The Kier molecular flexibility index (Phi) is 8.93. The van der Waals surface area contributed by atoms with Crippen LogP contribution in [0.4, 0.5) is 5.69 Å². The van der Waals surface area contributed by atoms with Gasteiger partial charge in [-0.05, 0) is 72.2 Å². The molecule has 33 heavy (non-hydrogen) atoms. The smallest absolute Gasteiger partial charge is 0.337 e. The van der Waals surface area contributed by atoms with E-state index in [-0.39, 0.29) is 17.9 Å². The summed E-state index contributed by atoms with van der Waals surface area (Å²) in [5.41, 5.74) is 4.56. The van der Waals surface area contributed by atoms with E-state index in [0.29, 0.717) is 28.6 Å². The Morgan fingerprint density at radius 2 is 1.48 bits per heavy atom. The third-order valence-corrected chi connectivity index (χ3v) is 6.20. The minimum Gasteiger partial charge on any atom is -0.478 e. The van der Waals surface area contributed by atoms with Crippen LogP contribution in [0.15, 0.2) is 60.7 Å². The molecule has 0 saturated heterocycles. The van der Waals surface area contributed by atoms with Crippen molar-refractivity contribution in [2.24, 2.45) is 0 Å². The second-order valence-electron chi connectivity index (χ2n) is 8.08. The van der Waals surface area contributed by atoms with Crippen molar-refractivity contribution in [2.75, 3.05) is 5.32 Å². The average Bonchev–Trinajstić information content (AvgIpc) is 2.80. The summed E-state index contributed by atoms with van der Waals surface area (Å²) in [5.74, 6) is -1.34. The average molecular weight is 484 g/mol. The summed E-state index contributed by atoms with van der Waals surface area (Å²) in [4.78, 5) is 24.3. The van der Waals surface area contributed by atoms with E-state index in [1.165, 1.54) is 12.0 Å². The fourth-order valence-corrected chi connectivity index (χ4v) is 3.91. The van der Waals surface area contributed by atoms with Gasteiger partial charge < -0.3 is 10.4 Å². The number of carbonyl (C=O) groups is 2. The van der Waals surface area contributed by atoms with Crippen molar-refractivity contribution >= 4 is 40.8 Å². The van der Waals surface area contributed by atoms with Gasteiger partial charge in [0.25, 0.3) is 0 Å². The Morgan fingerprint density at radius 1 is 0.818 bits per heavy atom. The fraction of sp³-hybridized carbons (Fsp3) is 0.259. The van der Waals surface area contributed by atoms with Crippen LogP contribution in [0.5, 0.6) is 0 Å². The number of amides is 1. The fourth-order valence-electron chi connectivity index (χ4n) is 3.59. The van der Waals surface area contributed by atoms with Gasteiger partial charge in [0.1, 0.15) is 0 Å². The van der Waals surface area contributed by atoms with Crippen LogP contribution < -0.4 is 5.32 Å². The number of aryl methyl sites for hydroxylation is 2. The van der Waals surface area contributed by atoms with Gasteiger partial charge in [0, 0.05) is 6.42 Å². The summed E-state index contributed by atoms with van der Waals surface area (Å²) in [5, 5.41) is 13.3. The molecule has 2 N–H and O–H groups in total. The molecule has 0 spiro atoms. The monoisotopic (exact) mass is 483 g/mol. The Bertz CT molecular complexity index is 1130. The molecule has 0 bridgehead atoms. The van der Waals surface area contributed by atoms with E-state index < -0.39 is 5.97 Å². The SMILES string of the molecule is CCCCc1ccc(Cc2ccc(NC(=O)CCc3ccc(Cl)c(Cl)c3)c(C(=O)O)c2)cc1. The van der Waals surface area contributed by atoms with Gasteiger partial charge in [-0.2, -0.15) is 0 Å². The summed E-state index contributed by atoms with van der Waals surface area (Å²) < 4.78 is 0. The molecule has 0 aliphatic carbocycles. The van der Waals surface area contributed by atoms with Gasteiger partial charge in [-0.1, -0.05) is 72.9 Å². The number of hydrogen-bond donors (Lipinski definition) is 2. The van der Waals surface area contributed by atoms with Crippen molar-refractivity contribution in [3.8, 4) is 0 Å². The molecule has 0 heterocycles. The van der Waals surface area contributed by atoms with E-state index in [1.807, 2.05) is 12.1 Å². The number of carboxylic acid groups (broad SMARTS) is 1. The maximum Gasteiger partial charge on any atom is 0.337 e. The van der Waals surface area contributed by atoms with Crippen LogP contribution in [-0.2, 0) is 24.1 Å². The van der Waals surface area contributed by atoms with Crippen molar-refractivity contribution in [1.29, 1.82) is 0 Å². The van der Waals surface area contributed by atoms with Crippen molar-refractivity contribution in [3.63, 3.8) is 0 Å².